The molecule has 1 heterocycles. The van der Waals surface area contributed by atoms with E-state index in [1.54, 1.807) is 0 Å². The summed E-state index contributed by atoms with van der Waals surface area (Å²) in [6.45, 7) is 4.44. The van der Waals surface area contributed by atoms with Crippen LogP contribution in [0.4, 0.5) is 0 Å². The third-order valence-electron chi connectivity index (χ3n) is 4.76. The monoisotopic (exact) mass is 271 g/mol. The minimum absolute atomic E-state index is 0.798. The number of aromatic nitrogens is 2. The van der Waals surface area contributed by atoms with Crippen LogP contribution >= 0.6 is 0 Å². The van der Waals surface area contributed by atoms with E-state index in [1.807, 2.05) is 4.68 Å². The molecule has 20 heavy (non-hydrogen) atoms. The van der Waals surface area contributed by atoms with Crippen LogP contribution in [0, 0.1) is 11.8 Å². The molecule has 0 saturated heterocycles. The molecule has 2 unspecified atom stereocenters. The van der Waals surface area contributed by atoms with Crippen molar-refractivity contribution in [1.29, 1.82) is 0 Å². The Hall–Kier alpha value is -1.35. The Labute approximate surface area is 121 Å². The number of fused-ring (bicyclic) bond motifs is 1. The Bertz CT molecular complexity index is 573. The van der Waals surface area contributed by atoms with Crippen molar-refractivity contribution in [2.45, 2.75) is 32.6 Å². The zero-order chi connectivity index (χ0) is 13.9. The van der Waals surface area contributed by atoms with E-state index >= 15 is 0 Å². The van der Waals surface area contributed by atoms with E-state index in [0.29, 0.717) is 0 Å². The second kappa shape index (κ2) is 5.96. The van der Waals surface area contributed by atoms with Gasteiger partial charge in [0.1, 0.15) is 0 Å². The Balaban J connectivity index is 1.79. The van der Waals surface area contributed by atoms with Gasteiger partial charge in [-0.1, -0.05) is 31.5 Å². The summed E-state index contributed by atoms with van der Waals surface area (Å²) in [4.78, 5) is 0. The lowest BCUT2D eigenvalue weighted by Gasteiger charge is -2.19. The highest BCUT2D eigenvalue weighted by Gasteiger charge is 2.28. The molecule has 1 fully saturated rings. The molecular formula is C17H25N3. The van der Waals surface area contributed by atoms with Crippen molar-refractivity contribution in [3.05, 3.63) is 30.0 Å². The van der Waals surface area contributed by atoms with E-state index < -0.39 is 0 Å². The number of aryl methyl sites for hydroxylation is 1. The molecule has 1 aromatic heterocycles. The summed E-state index contributed by atoms with van der Waals surface area (Å²) in [6, 6.07) is 8.60. The zero-order valence-corrected chi connectivity index (χ0v) is 12.6. The first kappa shape index (κ1) is 13.6. The van der Waals surface area contributed by atoms with Crippen molar-refractivity contribution < 1.29 is 0 Å². The van der Waals surface area contributed by atoms with E-state index in [9.17, 15) is 0 Å². The molecule has 2 atom stereocenters. The summed E-state index contributed by atoms with van der Waals surface area (Å²) < 4.78 is 2.03. The average molecular weight is 271 g/mol. The first-order valence-corrected chi connectivity index (χ1v) is 7.91. The molecule has 1 aromatic carbocycles. The molecule has 3 rings (SSSR count). The third-order valence-corrected chi connectivity index (χ3v) is 4.76. The maximum Gasteiger partial charge on any atom is 0.0706 e. The molecular weight excluding hydrogens is 246 g/mol. The predicted octanol–water partition coefficient (Wildman–Crippen LogP) is 3.14. The molecule has 2 aromatic rings. The van der Waals surface area contributed by atoms with Crippen LogP contribution in [0.25, 0.3) is 10.9 Å². The van der Waals surface area contributed by atoms with Crippen LogP contribution in [-0.4, -0.2) is 22.9 Å². The quantitative estimate of drug-likeness (QED) is 0.905. The van der Waals surface area contributed by atoms with Crippen molar-refractivity contribution in [3.8, 4) is 0 Å². The maximum absolute atomic E-state index is 4.76. The van der Waals surface area contributed by atoms with Gasteiger partial charge in [0.2, 0.25) is 0 Å². The fourth-order valence-electron chi connectivity index (χ4n) is 3.67. The largest absolute Gasteiger partial charge is 0.317 e. The minimum atomic E-state index is 0.798. The number of nitrogens with zero attached hydrogens (tertiary/aromatic N) is 2. The van der Waals surface area contributed by atoms with Crippen molar-refractivity contribution in [2.75, 3.05) is 13.1 Å². The zero-order valence-electron chi connectivity index (χ0n) is 12.6. The molecule has 108 valence electrons. The molecule has 0 bridgehead atoms. The molecule has 1 aliphatic carbocycles. The van der Waals surface area contributed by atoms with Gasteiger partial charge in [-0.05, 0) is 50.3 Å². The van der Waals surface area contributed by atoms with Gasteiger partial charge in [0.15, 0.2) is 0 Å². The summed E-state index contributed by atoms with van der Waals surface area (Å²) >= 11 is 0. The standard InChI is InChI=1S/C17H25N3/c1-3-18-12-14-8-6-7-13(14)11-16-15-9-4-5-10-17(15)20(2)19-16/h4-5,9-10,13-14,18H,3,6-8,11-12H2,1-2H3. The molecule has 1 saturated carbocycles. The number of benzene rings is 1. The van der Waals surface area contributed by atoms with E-state index in [1.165, 1.54) is 42.4 Å². The summed E-state index contributed by atoms with van der Waals surface area (Å²) in [5.41, 5.74) is 2.54. The summed E-state index contributed by atoms with van der Waals surface area (Å²) in [7, 11) is 2.05. The highest BCUT2D eigenvalue weighted by Crippen LogP contribution is 2.34. The van der Waals surface area contributed by atoms with Gasteiger partial charge < -0.3 is 5.32 Å². The Morgan fingerprint density at radius 2 is 2.05 bits per heavy atom. The number of nitrogens with one attached hydrogen (secondary N) is 1. The molecule has 3 nitrogen and oxygen atoms in total. The smallest absolute Gasteiger partial charge is 0.0706 e. The third kappa shape index (κ3) is 2.59. The second-order valence-electron chi connectivity index (χ2n) is 6.05. The van der Waals surface area contributed by atoms with Gasteiger partial charge in [-0.15, -0.1) is 0 Å². The van der Waals surface area contributed by atoms with Crippen molar-refractivity contribution in [2.24, 2.45) is 18.9 Å². The Morgan fingerprint density at radius 3 is 2.90 bits per heavy atom. The average Bonchev–Trinajstić information content (AvgIpc) is 3.03. The van der Waals surface area contributed by atoms with Gasteiger partial charge >= 0.3 is 0 Å². The highest BCUT2D eigenvalue weighted by atomic mass is 15.3. The van der Waals surface area contributed by atoms with Crippen molar-refractivity contribution >= 4 is 10.9 Å². The van der Waals surface area contributed by atoms with Gasteiger partial charge in [-0.3, -0.25) is 4.68 Å². The van der Waals surface area contributed by atoms with Crippen LogP contribution in [-0.2, 0) is 13.5 Å². The second-order valence-corrected chi connectivity index (χ2v) is 6.05. The van der Waals surface area contributed by atoms with Gasteiger partial charge in [-0.2, -0.15) is 5.10 Å². The molecule has 3 heteroatoms. The topological polar surface area (TPSA) is 29.9 Å². The minimum Gasteiger partial charge on any atom is -0.317 e. The Kier molecular flexibility index (Phi) is 4.06. The molecule has 0 amide bonds. The summed E-state index contributed by atoms with van der Waals surface area (Å²) in [6.07, 6.45) is 5.26. The first-order valence-electron chi connectivity index (χ1n) is 7.91. The number of hydrogen-bond donors (Lipinski definition) is 1. The molecule has 1 aliphatic rings. The van der Waals surface area contributed by atoms with Crippen LogP contribution in [0.15, 0.2) is 24.3 Å². The predicted molar refractivity (Wildman–Crippen MR) is 83.8 cm³/mol. The summed E-state index contributed by atoms with van der Waals surface area (Å²) in [5, 5.41) is 9.62. The van der Waals surface area contributed by atoms with Gasteiger partial charge in [0.25, 0.3) is 0 Å². The van der Waals surface area contributed by atoms with Gasteiger partial charge in [0, 0.05) is 12.4 Å². The van der Waals surface area contributed by atoms with Crippen LogP contribution in [0.3, 0.4) is 0 Å². The molecule has 0 aliphatic heterocycles. The summed E-state index contributed by atoms with van der Waals surface area (Å²) in [5.74, 6) is 1.63. The fraction of sp³-hybridized carbons (Fsp3) is 0.588. The van der Waals surface area contributed by atoms with Crippen molar-refractivity contribution in [1.82, 2.24) is 15.1 Å². The van der Waals surface area contributed by atoms with E-state index in [4.69, 9.17) is 5.10 Å². The fourth-order valence-corrected chi connectivity index (χ4v) is 3.67. The van der Waals surface area contributed by atoms with E-state index in [-0.39, 0.29) is 0 Å². The lowest BCUT2D eigenvalue weighted by atomic mass is 9.90. The van der Waals surface area contributed by atoms with E-state index in [2.05, 4.69) is 43.6 Å². The number of para-hydroxylation sites is 1. The molecule has 0 spiro atoms. The maximum atomic E-state index is 4.76. The molecule has 1 N–H and O–H groups in total. The van der Waals surface area contributed by atoms with Gasteiger partial charge in [-0.25, -0.2) is 0 Å². The lowest BCUT2D eigenvalue weighted by Crippen LogP contribution is -2.26. The van der Waals surface area contributed by atoms with Crippen LogP contribution in [0.5, 0.6) is 0 Å². The Morgan fingerprint density at radius 1 is 1.25 bits per heavy atom. The number of rotatable bonds is 5. The molecule has 0 radical (unpaired) electrons. The van der Waals surface area contributed by atoms with Crippen LogP contribution in [0.1, 0.15) is 31.9 Å². The van der Waals surface area contributed by atoms with Crippen molar-refractivity contribution in [3.63, 3.8) is 0 Å². The van der Waals surface area contributed by atoms with E-state index in [0.717, 1.165) is 24.8 Å². The van der Waals surface area contributed by atoms with Crippen LogP contribution in [0.2, 0.25) is 0 Å². The lowest BCUT2D eigenvalue weighted by molar-refractivity contribution is 0.365. The van der Waals surface area contributed by atoms with Crippen LogP contribution < -0.4 is 5.32 Å². The first-order chi connectivity index (χ1) is 9.79. The normalized spacial score (nSPS) is 22.7. The highest BCUT2D eigenvalue weighted by molar-refractivity contribution is 5.81. The number of hydrogen-bond acceptors (Lipinski definition) is 2. The van der Waals surface area contributed by atoms with Gasteiger partial charge in [0.05, 0.1) is 11.2 Å². The SMILES string of the molecule is CCNCC1CCCC1Cc1nn(C)c2ccccc12.